The lowest BCUT2D eigenvalue weighted by atomic mass is 9.78. The van der Waals surface area contributed by atoms with Crippen LogP contribution in [0.1, 0.15) is 18.1 Å². The molecule has 1 aromatic rings. The summed E-state index contributed by atoms with van der Waals surface area (Å²) in [6, 6.07) is 10.4. The Morgan fingerprint density at radius 3 is 2.88 bits per heavy atom. The van der Waals surface area contributed by atoms with Crippen LogP contribution in [0.2, 0.25) is 0 Å². The second kappa shape index (κ2) is 2.93. The van der Waals surface area contributed by atoms with E-state index in [1.165, 1.54) is 11.1 Å². The van der Waals surface area contributed by atoms with Crippen LogP contribution in [0.5, 0.6) is 0 Å². The number of nitriles is 1. The Bertz CT molecular complexity index is 599. The van der Waals surface area contributed by atoms with Gasteiger partial charge in [-0.15, -0.1) is 0 Å². The SMILES string of the molecule is CC12N=CC(C#N)=C1C=Cc1ccccc12. The van der Waals surface area contributed by atoms with Gasteiger partial charge in [0.05, 0.1) is 5.57 Å². The molecule has 1 unspecified atom stereocenters. The van der Waals surface area contributed by atoms with Crippen LogP contribution in [-0.2, 0) is 5.54 Å². The van der Waals surface area contributed by atoms with Crippen molar-refractivity contribution in [3.63, 3.8) is 0 Å². The monoisotopic (exact) mass is 206 g/mol. The molecule has 0 spiro atoms. The molecule has 2 heteroatoms. The Morgan fingerprint density at radius 2 is 2.06 bits per heavy atom. The first-order valence-corrected chi connectivity index (χ1v) is 5.23. The van der Waals surface area contributed by atoms with E-state index in [2.05, 4.69) is 36.2 Å². The predicted molar refractivity (Wildman–Crippen MR) is 64.0 cm³/mol. The zero-order valence-corrected chi connectivity index (χ0v) is 8.94. The first-order valence-electron chi connectivity index (χ1n) is 5.23. The molecular weight excluding hydrogens is 196 g/mol. The van der Waals surface area contributed by atoms with Gasteiger partial charge in [0, 0.05) is 11.8 Å². The van der Waals surface area contributed by atoms with Crippen molar-refractivity contribution in [2.75, 3.05) is 0 Å². The largest absolute Gasteiger partial charge is 0.276 e. The van der Waals surface area contributed by atoms with E-state index in [4.69, 9.17) is 5.26 Å². The molecule has 1 heterocycles. The van der Waals surface area contributed by atoms with Crippen LogP contribution < -0.4 is 0 Å². The van der Waals surface area contributed by atoms with Gasteiger partial charge >= 0.3 is 0 Å². The maximum absolute atomic E-state index is 9.03. The quantitative estimate of drug-likeness (QED) is 0.643. The summed E-state index contributed by atoms with van der Waals surface area (Å²) in [6.07, 6.45) is 5.74. The normalized spacial score (nSPS) is 25.2. The van der Waals surface area contributed by atoms with E-state index in [9.17, 15) is 0 Å². The molecule has 0 saturated carbocycles. The van der Waals surface area contributed by atoms with Crippen molar-refractivity contribution in [3.05, 3.63) is 52.6 Å². The highest BCUT2D eigenvalue weighted by Crippen LogP contribution is 2.44. The van der Waals surface area contributed by atoms with Gasteiger partial charge in [-0.25, -0.2) is 0 Å². The van der Waals surface area contributed by atoms with Gasteiger partial charge in [0.25, 0.3) is 0 Å². The molecule has 1 aromatic carbocycles. The number of hydrogen-bond donors (Lipinski definition) is 0. The van der Waals surface area contributed by atoms with Crippen LogP contribution >= 0.6 is 0 Å². The summed E-state index contributed by atoms with van der Waals surface area (Å²) >= 11 is 0. The highest BCUT2D eigenvalue weighted by atomic mass is 14.9. The summed E-state index contributed by atoms with van der Waals surface area (Å²) < 4.78 is 0. The third kappa shape index (κ3) is 0.976. The Labute approximate surface area is 94.2 Å². The van der Waals surface area contributed by atoms with E-state index in [1.807, 2.05) is 18.2 Å². The standard InChI is InChI=1S/C14H10N2/c1-14-12-5-3-2-4-10(12)6-7-13(14)11(8-15)9-16-14/h2-7,9H,1H3. The molecule has 2 aliphatic rings. The number of aliphatic imine (C=N–C) groups is 1. The average molecular weight is 206 g/mol. The molecule has 2 nitrogen and oxygen atoms in total. The zero-order chi connectivity index (χ0) is 11.2. The minimum absolute atomic E-state index is 0.365. The van der Waals surface area contributed by atoms with Crippen LogP contribution in [0.3, 0.4) is 0 Å². The van der Waals surface area contributed by atoms with Gasteiger partial charge < -0.3 is 0 Å². The number of nitrogens with zero attached hydrogens (tertiary/aromatic N) is 2. The molecule has 0 radical (unpaired) electrons. The molecule has 0 aromatic heterocycles. The summed E-state index contributed by atoms with van der Waals surface area (Å²) in [5, 5.41) is 9.03. The smallest absolute Gasteiger partial charge is 0.110 e. The van der Waals surface area contributed by atoms with E-state index in [0.717, 1.165) is 5.57 Å². The fourth-order valence-corrected chi connectivity index (χ4v) is 2.41. The van der Waals surface area contributed by atoms with Crippen LogP contribution in [-0.4, -0.2) is 6.21 Å². The fraction of sp³-hybridized carbons (Fsp3) is 0.143. The third-order valence-corrected chi connectivity index (χ3v) is 3.30. The van der Waals surface area contributed by atoms with Crippen molar-refractivity contribution >= 4 is 12.3 Å². The number of rotatable bonds is 0. The third-order valence-electron chi connectivity index (χ3n) is 3.30. The summed E-state index contributed by atoms with van der Waals surface area (Å²) in [6.45, 7) is 2.06. The van der Waals surface area contributed by atoms with Gasteiger partial charge in [0.15, 0.2) is 0 Å². The van der Waals surface area contributed by atoms with Crippen LogP contribution in [0.25, 0.3) is 6.08 Å². The van der Waals surface area contributed by atoms with Gasteiger partial charge in [0.2, 0.25) is 0 Å². The van der Waals surface area contributed by atoms with E-state index < -0.39 is 0 Å². The highest BCUT2D eigenvalue weighted by Gasteiger charge is 2.37. The molecule has 16 heavy (non-hydrogen) atoms. The lowest BCUT2D eigenvalue weighted by molar-refractivity contribution is 0.614. The Kier molecular flexibility index (Phi) is 1.67. The molecule has 0 fully saturated rings. The van der Waals surface area contributed by atoms with Gasteiger partial charge in [0.1, 0.15) is 11.6 Å². The summed E-state index contributed by atoms with van der Waals surface area (Å²) in [5.41, 5.74) is 3.68. The van der Waals surface area contributed by atoms with Crippen molar-refractivity contribution in [1.29, 1.82) is 5.26 Å². The van der Waals surface area contributed by atoms with Gasteiger partial charge in [-0.3, -0.25) is 4.99 Å². The lowest BCUT2D eigenvalue weighted by Crippen LogP contribution is -2.22. The van der Waals surface area contributed by atoms with Crippen LogP contribution in [0.4, 0.5) is 0 Å². The van der Waals surface area contributed by atoms with Crippen molar-refractivity contribution in [2.45, 2.75) is 12.5 Å². The van der Waals surface area contributed by atoms with Crippen molar-refractivity contribution in [1.82, 2.24) is 0 Å². The van der Waals surface area contributed by atoms with Crippen LogP contribution in [0.15, 0.2) is 46.5 Å². The summed E-state index contributed by atoms with van der Waals surface area (Å²) in [4.78, 5) is 4.51. The number of hydrogen-bond acceptors (Lipinski definition) is 2. The topological polar surface area (TPSA) is 36.1 Å². The number of benzene rings is 1. The molecule has 3 rings (SSSR count). The van der Waals surface area contributed by atoms with E-state index in [1.54, 1.807) is 6.21 Å². The number of allylic oxidation sites excluding steroid dienone is 1. The summed E-state index contributed by atoms with van der Waals surface area (Å²) in [5.74, 6) is 0. The molecule has 76 valence electrons. The molecule has 0 N–H and O–H groups in total. The molecule has 0 saturated heterocycles. The van der Waals surface area contributed by atoms with Crippen LogP contribution in [0, 0.1) is 11.3 Å². The molecule has 0 bridgehead atoms. The zero-order valence-electron chi connectivity index (χ0n) is 8.94. The Balaban J connectivity index is 2.32. The molecule has 1 aliphatic heterocycles. The van der Waals surface area contributed by atoms with Crippen molar-refractivity contribution in [3.8, 4) is 6.07 Å². The molecule has 0 amide bonds. The minimum atomic E-state index is -0.365. The molecule has 1 aliphatic carbocycles. The summed E-state index contributed by atoms with van der Waals surface area (Å²) in [7, 11) is 0. The molecular formula is C14H10N2. The second-order valence-corrected chi connectivity index (χ2v) is 4.19. The lowest BCUT2D eigenvalue weighted by Gasteiger charge is -2.29. The van der Waals surface area contributed by atoms with E-state index in [0.29, 0.717) is 5.57 Å². The van der Waals surface area contributed by atoms with E-state index >= 15 is 0 Å². The van der Waals surface area contributed by atoms with Crippen molar-refractivity contribution in [2.24, 2.45) is 4.99 Å². The Hall–Kier alpha value is -2.14. The maximum atomic E-state index is 9.03. The second-order valence-electron chi connectivity index (χ2n) is 4.19. The first kappa shape index (κ1) is 9.11. The van der Waals surface area contributed by atoms with Gasteiger partial charge in [-0.1, -0.05) is 36.4 Å². The van der Waals surface area contributed by atoms with Gasteiger partial charge in [-0.05, 0) is 18.1 Å². The molecule has 1 atom stereocenters. The number of fused-ring (bicyclic) bond motifs is 3. The fourth-order valence-electron chi connectivity index (χ4n) is 2.41. The average Bonchev–Trinajstić information content (AvgIpc) is 2.66. The highest BCUT2D eigenvalue weighted by molar-refractivity contribution is 5.92. The Morgan fingerprint density at radius 1 is 1.25 bits per heavy atom. The van der Waals surface area contributed by atoms with Crippen molar-refractivity contribution < 1.29 is 0 Å². The first-order chi connectivity index (χ1) is 7.75. The van der Waals surface area contributed by atoms with E-state index in [-0.39, 0.29) is 5.54 Å². The van der Waals surface area contributed by atoms with Gasteiger partial charge in [-0.2, -0.15) is 5.26 Å². The predicted octanol–water partition coefficient (Wildman–Crippen LogP) is 2.83. The minimum Gasteiger partial charge on any atom is -0.276 e. The maximum Gasteiger partial charge on any atom is 0.110 e.